The zero-order valence-electron chi connectivity index (χ0n) is 28.0. The third-order valence-corrected chi connectivity index (χ3v) is 8.17. The van der Waals surface area contributed by atoms with E-state index in [0.29, 0.717) is 60.1 Å². The largest absolute Gasteiger partial charge is 0.495 e. The van der Waals surface area contributed by atoms with Gasteiger partial charge in [-0.2, -0.15) is 4.98 Å². The highest BCUT2D eigenvalue weighted by molar-refractivity contribution is 6.41. The van der Waals surface area contributed by atoms with Crippen molar-refractivity contribution in [1.82, 2.24) is 24.3 Å². The predicted octanol–water partition coefficient (Wildman–Crippen LogP) is 7.30. The van der Waals surface area contributed by atoms with Gasteiger partial charge in [0.1, 0.15) is 17.1 Å². The molecule has 252 valence electrons. The van der Waals surface area contributed by atoms with E-state index < -0.39 is 0 Å². The van der Waals surface area contributed by atoms with Crippen molar-refractivity contribution in [2.75, 3.05) is 52.3 Å². The number of ether oxygens (including phenoxy) is 2. The molecule has 5 rings (SSSR count). The highest BCUT2D eigenvalue weighted by atomic mass is 35.5. The van der Waals surface area contributed by atoms with Crippen LogP contribution in [0.25, 0.3) is 22.2 Å². The van der Waals surface area contributed by atoms with Crippen molar-refractivity contribution in [3.63, 3.8) is 0 Å². The Balaban J connectivity index is 0.00000144. The fraction of sp³-hybridized carbons (Fsp3) is 0.371. The van der Waals surface area contributed by atoms with Crippen LogP contribution in [0, 0.1) is 0 Å². The summed E-state index contributed by atoms with van der Waals surface area (Å²) < 4.78 is 12.5. The second kappa shape index (κ2) is 18.3. The minimum absolute atomic E-state index is 0.0550. The number of carbonyl (C=O) groups is 1. The van der Waals surface area contributed by atoms with Crippen molar-refractivity contribution in [2.24, 2.45) is 0 Å². The second-order valence-electron chi connectivity index (χ2n) is 9.99. The minimum Gasteiger partial charge on any atom is -0.495 e. The number of aryl methyl sites for hydroxylation is 1. The van der Waals surface area contributed by atoms with Crippen LogP contribution in [-0.2, 0) is 11.3 Å². The number of halogens is 2. The summed E-state index contributed by atoms with van der Waals surface area (Å²) in [6.07, 6.45) is 3.68. The van der Waals surface area contributed by atoms with Gasteiger partial charge in [0.2, 0.25) is 11.9 Å². The molecule has 1 aliphatic rings. The van der Waals surface area contributed by atoms with E-state index in [-0.39, 0.29) is 27.1 Å². The molecule has 1 fully saturated rings. The first kappa shape index (κ1) is 37.3. The molecule has 1 amide bonds. The minimum atomic E-state index is -0.308. The van der Waals surface area contributed by atoms with Gasteiger partial charge in [-0.3, -0.25) is 19.1 Å². The molecule has 0 radical (unpaired) electrons. The highest BCUT2D eigenvalue weighted by Gasteiger charge is 2.24. The van der Waals surface area contributed by atoms with Gasteiger partial charge in [-0.1, -0.05) is 75.7 Å². The Morgan fingerprint density at radius 1 is 0.957 bits per heavy atom. The summed E-state index contributed by atoms with van der Waals surface area (Å²) in [5.41, 5.74) is 1.59. The molecule has 1 aliphatic heterocycles. The van der Waals surface area contributed by atoms with E-state index in [2.05, 4.69) is 21.8 Å². The number of amides is 1. The number of nitrogens with zero attached hydrogens (tertiary/aromatic N) is 5. The lowest BCUT2D eigenvalue weighted by molar-refractivity contribution is -0.127. The Labute approximate surface area is 286 Å². The average molecular weight is 684 g/mol. The topological polar surface area (TPSA) is 102 Å². The van der Waals surface area contributed by atoms with E-state index in [4.69, 9.17) is 37.7 Å². The Bertz CT molecular complexity index is 1680. The molecule has 12 heteroatoms. The van der Waals surface area contributed by atoms with Gasteiger partial charge in [-0.25, -0.2) is 4.98 Å². The standard InChI is InChI=1S/C31H32Cl2N6O4.2C2H6/c1-4-25(40)38-15-13-37(14-16-38)11-8-12-39-29-20(19-34-31(36-29)35-21-9-6-5-7-10-21)17-22(30(39)41)26-27(32)23(42-2)18-24(43-3)28(26)33;2*1-2/h4-7,9-10,17-19H,1,8,11-16H2,2-3H3,(H,34,35,36);2*1-2H3. The number of fused-ring (bicyclic) bond motifs is 1. The Morgan fingerprint density at radius 3 is 2.15 bits per heavy atom. The molecular formula is C35H44Cl2N6O4. The SMILES string of the molecule is C=CC(=O)N1CCN(CCCn2c(=O)c(-c3c(Cl)c(OC)cc(OC)c3Cl)cc3cnc(Nc4ccccc4)nc32)CC1.CC.CC. The molecule has 0 spiro atoms. The fourth-order valence-corrected chi connectivity index (χ4v) is 5.86. The van der Waals surface area contributed by atoms with Gasteiger partial charge in [-0.05, 0) is 37.2 Å². The van der Waals surface area contributed by atoms with E-state index in [9.17, 15) is 9.59 Å². The van der Waals surface area contributed by atoms with Crippen molar-refractivity contribution in [1.29, 1.82) is 0 Å². The van der Waals surface area contributed by atoms with Crippen LogP contribution < -0.4 is 20.3 Å². The molecule has 2 aromatic carbocycles. The average Bonchev–Trinajstić information content (AvgIpc) is 3.12. The van der Waals surface area contributed by atoms with Crippen LogP contribution in [0.1, 0.15) is 34.1 Å². The number of pyridine rings is 1. The molecule has 0 saturated carbocycles. The molecule has 10 nitrogen and oxygen atoms in total. The zero-order chi connectivity index (χ0) is 34.5. The van der Waals surface area contributed by atoms with E-state index in [1.165, 1.54) is 20.3 Å². The van der Waals surface area contributed by atoms with E-state index >= 15 is 0 Å². The molecule has 47 heavy (non-hydrogen) atoms. The number of aromatic nitrogens is 3. The highest BCUT2D eigenvalue weighted by Crippen LogP contribution is 2.45. The van der Waals surface area contributed by atoms with Gasteiger partial charge >= 0.3 is 0 Å². The number of para-hydroxylation sites is 1. The summed E-state index contributed by atoms with van der Waals surface area (Å²) in [5, 5.41) is 4.24. The molecule has 3 heterocycles. The maximum atomic E-state index is 14.2. The lowest BCUT2D eigenvalue weighted by atomic mass is 10.0. The third kappa shape index (κ3) is 8.82. The van der Waals surface area contributed by atoms with Crippen molar-refractivity contribution in [3.8, 4) is 22.6 Å². The molecular weight excluding hydrogens is 639 g/mol. The number of hydrogen-bond acceptors (Lipinski definition) is 8. The molecule has 2 aromatic heterocycles. The Kier molecular flexibility index (Phi) is 14.5. The van der Waals surface area contributed by atoms with E-state index in [1.54, 1.807) is 27.8 Å². The van der Waals surface area contributed by atoms with E-state index in [0.717, 1.165) is 25.3 Å². The molecule has 1 N–H and O–H groups in total. The van der Waals surface area contributed by atoms with Crippen LogP contribution in [0.15, 0.2) is 66.1 Å². The van der Waals surface area contributed by atoms with Gasteiger partial charge in [0.05, 0.1) is 29.8 Å². The predicted molar refractivity (Wildman–Crippen MR) is 193 cm³/mol. The molecule has 0 atom stereocenters. The number of piperazine rings is 1. The quantitative estimate of drug-likeness (QED) is 0.174. The van der Waals surface area contributed by atoms with Crippen LogP contribution >= 0.6 is 23.2 Å². The van der Waals surface area contributed by atoms with Crippen LogP contribution in [0.4, 0.5) is 11.6 Å². The molecule has 4 aromatic rings. The third-order valence-electron chi connectivity index (χ3n) is 7.41. The number of methoxy groups -OCH3 is 2. The number of benzene rings is 2. The fourth-order valence-electron chi connectivity index (χ4n) is 5.15. The Morgan fingerprint density at radius 2 is 1.57 bits per heavy atom. The zero-order valence-corrected chi connectivity index (χ0v) is 29.5. The van der Waals surface area contributed by atoms with E-state index in [1.807, 2.05) is 58.0 Å². The monoisotopic (exact) mass is 682 g/mol. The first-order valence-electron chi connectivity index (χ1n) is 15.8. The second-order valence-corrected chi connectivity index (χ2v) is 10.7. The molecule has 0 bridgehead atoms. The van der Waals surface area contributed by atoms with Gasteiger partial charge in [-0.15, -0.1) is 0 Å². The molecule has 0 unspecified atom stereocenters. The smallest absolute Gasteiger partial charge is 0.260 e. The van der Waals surface area contributed by atoms with Crippen LogP contribution in [-0.4, -0.2) is 77.2 Å². The van der Waals surface area contributed by atoms with Crippen LogP contribution in [0.3, 0.4) is 0 Å². The maximum absolute atomic E-state index is 14.2. The number of nitrogens with one attached hydrogen (secondary N) is 1. The molecule has 0 aliphatic carbocycles. The summed E-state index contributed by atoms with van der Waals surface area (Å²) in [7, 11) is 2.97. The van der Waals surface area contributed by atoms with Crippen LogP contribution in [0.2, 0.25) is 10.0 Å². The van der Waals surface area contributed by atoms with Crippen molar-refractivity contribution in [3.05, 3.63) is 81.7 Å². The van der Waals surface area contributed by atoms with Gasteiger partial charge < -0.3 is 19.7 Å². The molecule has 1 saturated heterocycles. The number of carbonyl (C=O) groups excluding carboxylic acids is 1. The van der Waals surface area contributed by atoms with Gasteiger partial charge in [0.25, 0.3) is 5.56 Å². The van der Waals surface area contributed by atoms with Gasteiger partial charge in [0, 0.05) is 61.6 Å². The normalized spacial score (nSPS) is 12.7. The first-order valence-corrected chi connectivity index (χ1v) is 16.6. The van der Waals surface area contributed by atoms with Gasteiger partial charge in [0.15, 0.2) is 0 Å². The summed E-state index contributed by atoms with van der Waals surface area (Å²) >= 11 is 13.4. The summed E-state index contributed by atoms with van der Waals surface area (Å²) in [6, 6.07) is 12.8. The van der Waals surface area contributed by atoms with Crippen molar-refractivity contribution in [2.45, 2.75) is 40.7 Å². The summed E-state index contributed by atoms with van der Waals surface area (Å²) in [4.78, 5) is 39.5. The lowest BCUT2D eigenvalue weighted by Gasteiger charge is -2.34. The maximum Gasteiger partial charge on any atom is 0.260 e. The van der Waals surface area contributed by atoms with Crippen molar-refractivity contribution >= 4 is 51.8 Å². The van der Waals surface area contributed by atoms with Crippen LogP contribution in [0.5, 0.6) is 11.5 Å². The van der Waals surface area contributed by atoms with Crippen molar-refractivity contribution < 1.29 is 14.3 Å². The number of rotatable bonds is 10. The number of hydrogen-bond donors (Lipinski definition) is 1. The lowest BCUT2D eigenvalue weighted by Crippen LogP contribution is -2.48. The number of anilines is 2. The summed E-state index contributed by atoms with van der Waals surface area (Å²) in [6.45, 7) is 15.5. The Hall–Kier alpha value is -4.12. The summed E-state index contributed by atoms with van der Waals surface area (Å²) in [5.74, 6) is 0.968. The first-order chi connectivity index (χ1) is 22.8.